The number of benzene rings is 2. The van der Waals surface area contributed by atoms with Crippen LogP contribution in [0.4, 0.5) is 5.69 Å². The predicted molar refractivity (Wildman–Crippen MR) is 110 cm³/mol. The first-order chi connectivity index (χ1) is 14.7. The van der Waals surface area contributed by atoms with Crippen LogP contribution in [0.2, 0.25) is 0 Å². The van der Waals surface area contributed by atoms with E-state index >= 15 is 0 Å². The third kappa shape index (κ3) is 3.56. The highest BCUT2D eigenvalue weighted by molar-refractivity contribution is 5.92. The Hall–Kier alpha value is -3.55. The van der Waals surface area contributed by atoms with Crippen molar-refractivity contribution in [1.29, 1.82) is 0 Å². The summed E-state index contributed by atoms with van der Waals surface area (Å²) in [5.74, 6) is 2.23. The van der Waals surface area contributed by atoms with E-state index in [1.54, 1.807) is 41.0 Å². The number of nitrogens with one attached hydrogen (secondary N) is 1. The summed E-state index contributed by atoms with van der Waals surface area (Å²) in [5, 5.41) is 3.27. The summed E-state index contributed by atoms with van der Waals surface area (Å²) < 4.78 is 18.0. The molecule has 2 aromatic carbocycles. The van der Waals surface area contributed by atoms with Gasteiger partial charge in [-0.2, -0.15) is 0 Å². The number of hydrogen-bond acceptors (Lipinski definition) is 6. The van der Waals surface area contributed by atoms with Gasteiger partial charge in [-0.1, -0.05) is 6.42 Å². The van der Waals surface area contributed by atoms with Crippen LogP contribution in [-0.2, 0) is 17.8 Å². The monoisotopic (exact) mass is 407 g/mol. The number of fused-ring (bicyclic) bond motifs is 3. The predicted octanol–water partition coefficient (Wildman–Crippen LogP) is 2.87. The molecule has 0 bridgehead atoms. The Morgan fingerprint density at radius 3 is 2.93 bits per heavy atom. The van der Waals surface area contributed by atoms with Crippen molar-refractivity contribution in [1.82, 2.24) is 9.55 Å². The molecule has 0 radical (unpaired) electrons. The number of hydrogen-bond donors (Lipinski definition) is 1. The van der Waals surface area contributed by atoms with E-state index in [1.165, 1.54) is 0 Å². The number of carbonyl (C=O) groups is 1. The molecule has 0 saturated heterocycles. The number of aryl methyl sites for hydroxylation is 1. The Labute approximate surface area is 172 Å². The molecule has 1 N–H and O–H groups in total. The van der Waals surface area contributed by atoms with E-state index in [0.717, 1.165) is 31.5 Å². The van der Waals surface area contributed by atoms with Gasteiger partial charge in [0.2, 0.25) is 6.79 Å². The van der Waals surface area contributed by atoms with Gasteiger partial charge in [-0.3, -0.25) is 14.2 Å². The minimum atomic E-state index is -0.314. The van der Waals surface area contributed by atoms with Gasteiger partial charge < -0.3 is 19.5 Å². The Bertz CT molecular complexity index is 1190. The summed E-state index contributed by atoms with van der Waals surface area (Å²) >= 11 is 0. The van der Waals surface area contributed by atoms with Crippen molar-refractivity contribution < 1.29 is 19.0 Å². The molecule has 154 valence electrons. The molecule has 0 spiro atoms. The van der Waals surface area contributed by atoms with E-state index in [4.69, 9.17) is 14.2 Å². The maximum atomic E-state index is 12.9. The highest BCUT2D eigenvalue weighted by Crippen LogP contribution is 2.34. The SMILES string of the molecule is O=C(COc1ccc2nc3n(c(=O)c2c1)CCCCC3)Nc1ccc2c(c1)OCO2. The van der Waals surface area contributed by atoms with E-state index < -0.39 is 0 Å². The van der Waals surface area contributed by atoms with Crippen LogP contribution in [0.3, 0.4) is 0 Å². The van der Waals surface area contributed by atoms with Crippen molar-refractivity contribution in [3.8, 4) is 17.2 Å². The van der Waals surface area contributed by atoms with Crippen LogP contribution in [0.15, 0.2) is 41.2 Å². The fourth-order valence-electron chi connectivity index (χ4n) is 3.81. The molecular weight excluding hydrogens is 386 g/mol. The summed E-state index contributed by atoms with van der Waals surface area (Å²) in [5.41, 5.74) is 1.20. The maximum absolute atomic E-state index is 12.9. The largest absolute Gasteiger partial charge is 0.484 e. The topological polar surface area (TPSA) is 91.7 Å². The van der Waals surface area contributed by atoms with Gasteiger partial charge in [0.05, 0.1) is 10.9 Å². The van der Waals surface area contributed by atoms with Gasteiger partial charge in [0.1, 0.15) is 11.6 Å². The minimum absolute atomic E-state index is 0.0489. The number of aromatic nitrogens is 2. The van der Waals surface area contributed by atoms with E-state index in [9.17, 15) is 9.59 Å². The van der Waals surface area contributed by atoms with Crippen molar-refractivity contribution in [2.24, 2.45) is 0 Å². The Kier molecular flexibility index (Phi) is 4.74. The zero-order chi connectivity index (χ0) is 20.5. The molecule has 8 nitrogen and oxygen atoms in total. The molecular formula is C22H21N3O5. The number of amides is 1. The summed E-state index contributed by atoms with van der Waals surface area (Å²) in [6.07, 6.45) is 3.96. The fraction of sp³-hybridized carbons (Fsp3) is 0.318. The molecule has 3 aromatic rings. The van der Waals surface area contributed by atoms with Crippen LogP contribution >= 0.6 is 0 Å². The third-order valence-electron chi connectivity index (χ3n) is 5.31. The van der Waals surface area contributed by atoms with Crippen LogP contribution in [0.1, 0.15) is 25.1 Å². The molecule has 2 aliphatic heterocycles. The zero-order valence-corrected chi connectivity index (χ0v) is 16.3. The molecule has 0 fully saturated rings. The Morgan fingerprint density at radius 1 is 1.10 bits per heavy atom. The van der Waals surface area contributed by atoms with E-state index in [2.05, 4.69) is 10.3 Å². The van der Waals surface area contributed by atoms with Gasteiger partial charge in [0, 0.05) is 24.7 Å². The summed E-state index contributed by atoms with van der Waals surface area (Å²) in [6, 6.07) is 10.3. The second kappa shape index (κ2) is 7.70. The van der Waals surface area contributed by atoms with Gasteiger partial charge in [0.15, 0.2) is 18.1 Å². The van der Waals surface area contributed by atoms with Crippen LogP contribution in [-0.4, -0.2) is 28.9 Å². The third-order valence-corrected chi connectivity index (χ3v) is 5.31. The van der Waals surface area contributed by atoms with Crippen molar-refractivity contribution in [3.63, 3.8) is 0 Å². The van der Waals surface area contributed by atoms with Gasteiger partial charge in [-0.05, 0) is 43.2 Å². The first kappa shape index (κ1) is 18.5. The van der Waals surface area contributed by atoms with Gasteiger partial charge in [-0.25, -0.2) is 4.98 Å². The molecule has 1 aromatic heterocycles. The summed E-state index contributed by atoms with van der Waals surface area (Å²) in [7, 11) is 0. The molecule has 8 heteroatoms. The van der Waals surface area contributed by atoms with Crippen molar-refractivity contribution >= 4 is 22.5 Å². The average molecular weight is 407 g/mol. The molecule has 5 rings (SSSR count). The average Bonchev–Trinajstić information content (AvgIpc) is 3.09. The van der Waals surface area contributed by atoms with Gasteiger partial charge in [-0.15, -0.1) is 0 Å². The fourth-order valence-corrected chi connectivity index (χ4v) is 3.81. The lowest BCUT2D eigenvalue weighted by molar-refractivity contribution is -0.118. The highest BCUT2D eigenvalue weighted by atomic mass is 16.7. The van der Waals surface area contributed by atoms with Crippen LogP contribution in [0, 0.1) is 0 Å². The molecule has 30 heavy (non-hydrogen) atoms. The van der Waals surface area contributed by atoms with Crippen LogP contribution < -0.4 is 25.1 Å². The number of ether oxygens (including phenoxy) is 3. The maximum Gasteiger partial charge on any atom is 0.262 e. The molecule has 2 aliphatic rings. The lowest BCUT2D eigenvalue weighted by Crippen LogP contribution is -2.24. The van der Waals surface area contributed by atoms with Crippen molar-refractivity contribution in [2.75, 3.05) is 18.7 Å². The lowest BCUT2D eigenvalue weighted by atomic mass is 10.2. The molecule has 1 amide bonds. The normalized spacial score (nSPS) is 14.8. The smallest absolute Gasteiger partial charge is 0.262 e. The minimum Gasteiger partial charge on any atom is -0.484 e. The first-order valence-corrected chi connectivity index (χ1v) is 10.0. The molecule has 0 atom stereocenters. The van der Waals surface area contributed by atoms with Gasteiger partial charge in [0.25, 0.3) is 11.5 Å². The second-order valence-electron chi connectivity index (χ2n) is 7.38. The quantitative estimate of drug-likeness (QED) is 0.715. The van der Waals surface area contributed by atoms with Crippen molar-refractivity contribution in [2.45, 2.75) is 32.2 Å². The Morgan fingerprint density at radius 2 is 2.00 bits per heavy atom. The number of carbonyl (C=O) groups excluding carboxylic acids is 1. The standard InChI is InChI=1S/C22H21N3O5/c26-21(23-14-5-8-18-19(10-14)30-13-29-18)12-28-15-6-7-17-16(11-15)22(27)25-9-3-1-2-4-20(25)24-17/h5-8,10-11H,1-4,9,12-13H2,(H,23,26). The second-order valence-corrected chi connectivity index (χ2v) is 7.38. The van der Waals surface area contributed by atoms with E-state index in [1.807, 2.05) is 0 Å². The molecule has 3 heterocycles. The molecule has 0 unspecified atom stereocenters. The first-order valence-electron chi connectivity index (χ1n) is 10.0. The number of anilines is 1. The highest BCUT2D eigenvalue weighted by Gasteiger charge is 2.16. The Balaban J connectivity index is 1.30. The zero-order valence-electron chi connectivity index (χ0n) is 16.3. The van der Waals surface area contributed by atoms with Crippen LogP contribution in [0.25, 0.3) is 10.9 Å². The van der Waals surface area contributed by atoms with Gasteiger partial charge >= 0.3 is 0 Å². The lowest BCUT2D eigenvalue weighted by Gasteiger charge is -2.11. The van der Waals surface area contributed by atoms with E-state index in [0.29, 0.717) is 40.4 Å². The number of nitrogens with zero attached hydrogens (tertiary/aromatic N) is 2. The molecule has 0 aliphatic carbocycles. The van der Waals surface area contributed by atoms with Crippen molar-refractivity contribution in [3.05, 3.63) is 52.6 Å². The molecule has 0 saturated carbocycles. The summed E-state index contributed by atoms with van der Waals surface area (Å²) in [4.78, 5) is 29.8. The van der Waals surface area contributed by atoms with E-state index in [-0.39, 0.29) is 24.9 Å². The summed E-state index contributed by atoms with van der Waals surface area (Å²) in [6.45, 7) is 0.690. The number of rotatable bonds is 4. The van der Waals surface area contributed by atoms with Crippen LogP contribution in [0.5, 0.6) is 17.2 Å².